The van der Waals surface area contributed by atoms with Gasteiger partial charge in [0.1, 0.15) is 23.0 Å². The number of phenols is 2. The molecule has 3 aliphatic rings. The molecular weight excluding hydrogens is 647 g/mol. The number of methoxy groups -OCH3 is 1. The summed E-state index contributed by atoms with van der Waals surface area (Å²) < 4.78 is 56.5. The smallest absolute Gasteiger partial charge is 0.471 e. The molecule has 1 fully saturated rings. The lowest BCUT2D eigenvalue weighted by molar-refractivity contribution is -0.209. The predicted molar refractivity (Wildman–Crippen MR) is 174 cm³/mol. The van der Waals surface area contributed by atoms with E-state index < -0.39 is 70.6 Å². The standard InChI is InChI=1S/C31H32F3NO9.C3H8.C2H6/c1-13-6-4-7-16(35-30(41)31(32,33)34)12-21(43-13)44-20-11-15(14(2)36)10-18-23(20)29(40)25-24(27(18)38)26(37)17-8-5-9-19(42-3)22(17)28(25)39;1-3-2;1-2/h5,8-9,13,15-16,20-21,38,40H,4,6-7,10-12H2,1-3H3,(H,35,41);3H2,1-2H3;1-2H3/t13?,15?,16?,20-,21?;;/m0../s1. The molecule has 5 rings (SSSR count). The molecule has 4 unspecified atom stereocenters. The van der Waals surface area contributed by atoms with Gasteiger partial charge in [-0.25, -0.2) is 0 Å². The van der Waals surface area contributed by atoms with Crippen LogP contribution in [0, 0.1) is 5.92 Å². The fourth-order valence-corrected chi connectivity index (χ4v) is 6.37. The summed E-state index contributed by atoms with van der Waals surface area (Å²) in [6, 6.07) is 3.44. The number of aromatic hydroxyl groups is 2. The van der Waals surface area contributed by atoms with Crippen molar-refractivity contribution >= 4 is 23.3 Å². The molecule has 0 bridgehead atoms. The predicted octanol–water partition coefficient (Wildman–Crippen LogP) is 6.89. The minimum absolute atomic E-state index is 0.00994. The van der Waals surface area contributed by atoms with E-state index in [0.29, 0.717) is 12.8 Å². The number of benzene rings is 2. The van der Waals surface area contributed by atoms with E-state index in [1.54, 1.807) is 6.92 Å². The van der Waals surface area contributed by atoms with Gasteiger partial charge in [-0.15, -0.1) is 0 Å². The van der Waals surface area contributed by atoms with Gasteiger partial charge < -0.3 is 29.7 Å². The number of ether oxygens (including phenoxy) is 3. The second-order valence-electron chi connectivity index (χ2n) is 12.2. The first-order valence-corrected chi connectivity index (χ1v) is 16.7. The van der Waals surface area contributed by atoms with Crippen molar-refractivity contribution in [1.82, 2.24) is 5.32 Å². The third-order valence-corrected chi connectivity index (χ3v) is 8.54. The Bertz CT molecular complexity index is 1560. The number of halogens is 3. The Hall–Kier alpha value is -3.97. The Morgan fingerprint density at radius 2 is 1.63 bits per heavy atom. The largest absolute Gasteiger partial charge is 0.507 e. The number of amides is 1. The minimum atomic E-state index is -5.09. The molecule has 1 heterocycles. The Labute approximate surface area is 284 Å². The Balaban J connectivity index is 0.00000123. The first-order chi connectivity index (χ1) is 23.1. The second kappa shape index (κ2) is 16.6. The topological polar surface area (TPSA) is 148 Å². The van der Waals surface area contributed by atoms with Gasteiger partial charge in [0.2, 0.25) is 5.78 Å². The van der Waals surface area contributed by atoms with Gasteiger partial charge in [0, 0.05) is 35.1 Å². The quantitative estimate of drug-likeness (QED) is 0.243. The van der Waals surface area contributed by atoms with Crippen LogP contribution in [0.3, 0.4) is 0 Å². The molecule has 0 radical (unpaired) electrons. The molecule has 0 spiro atoms. The summed E-state index contributed by atoms with van der Waals surface area (Å²) in [5, 5.41) is 25.0. The van der Waals surface area contributed by atoms with Crippen molar-refractivity contribution in [3.8, 4) is 17.2 Å². The number of Topliss-reactive ketones (excluding diaryl/α,β-unsaturated/α-hetero) is 1. The van der Waals surface area contributed by atoms with Gasteiger partial charge in [0.15, 0.2) is 12.1 Å². The van der Waals surface area contributed by atoms with Gasteiger partial charge in [0.05, 0.1) is 36.0 Å². The summed E-state index contributed by atoms with van der Waals surface area (Å²) in [5.74, 6) is -5.64. The maximum atomic E-state index is 13.8. The van der Waals surface area contributed by atoms with Crippen LogP contribution in [-0.2, 0) is 25.5 Å². The van der Waals surface area contributed by atoms with Crippen molar-refractivity contribution in [2.24, 2.45) is 5.92 Å². The number of nitrogens with one attached hydrogen (secondary N) is 1. The van der Waals surface area contributed by atoms with E-state index in [2.05, 4.69) is 13.8 Å². The molecule has 1 aliphatic heterocycles. The molecule has 5 atom stereocenters. The number of ketones is 3. The van der Waals surface area contributed by atoms with Crippen LogP contribution in [0.5, 0.6) is 17.2 Å². The van der Waals surface area contributed by atoms with Crippen LogP contribution >= 0.6 is 0 Å². The highest BCUT2D eigenvalue weighted by Gasteiger charge is 2.45. The summed E-state index contributed by atoms with van der Waals surface area (Å²) >= 11 is 0. The van der Waals surface area contributed by atoms with Crippen molar-refractivity contribution in [1.29, 1.82) is 0 Å². The SMILES string of the molecule is CC.CCC.COc1cccc2c1C(=O)c1c(O)c3c(c(O)c1C2=O)CC(C(C)=O)C[C@@H]3OC1CC(NC(=O)C(F)(F)F)CCCC(C)O1. The normalized spacial score (nSPS) is 23.1. The van der Waals surface area contributed by atoms with Crippen molar-refractivity contribution in [3.63, 3.8) is 0 Å². The Morgan fingerprint density at radius 3 is 2.22 bits per heavy atom. The zero-order valence-electron chi connectivity index (χ0n) is 29.0. The first kappa shape index (κ1) is 39.5. The van der Waals surface area contributed by atoms with Gasteiger partial charge in [0.25, 0.3) is 0 Å². The van der Waals surface area contributed by atoms with Crippen molar-refractivity contribution in [3.05, 3.63) is 51.6 Å². The highest BCUT2D eigenvalue weighted by Crippen LogP contribution is 2.51. The summed E-state index contributed by atoms with van der Waals surface area (Å²) in [6.45, 7) is 11.4. The Kier molecular flexibility index (Phi) is 13.4. The van der Waals surface area contributed by atoms with E-state index >= 15 is 0 Å². The molecule has 49 heavy (non-hydrogen) atoms. The molecule has 270 valence electrons. The van der Waals surface area contributed by atoms with E-state index in [1.807, 2.05) is 19.2 Å². The molecule has 3 N–H and O–H groups in total. The summed E-state index contributed by atoms with van der Waals surface area (Å²) in [4.78, 5) is 51.6. The lowest BCUT2D eigenvalue weighted by Crippen LogP contribution is -2.46. The number of carbonyl (C=O) groups excluding carboxylic acids is 4. The van der Waals surface area contributed by atoms with Crippen LogP contribution in [0.15, 0.2) is 18.2 Å². The van der Waals surface area contributed by atoms with Crippen LogP contribution in [0.2, 0.25) is 0 Å². The molecular formula is C36H46F3NO9. The van der Waals surface area contributed by atoms with Crippen molar-refractivity contribution in [2.45, 2.75) is 117 Å². The molecule has 10 nitrogen and oxygen atoms in total. The number of carbonyl (C=O) groups is 4. The molecule has 1 amide bonds. The average Bonchev–Trinajstić information content (AvgIpc) is 3.04. The van der Waals surface area contributed by atoms with E-state index in [1.165, 1.54) is 38.7 Å². The van der Waals surface area contributed by atoms with Gasteiger partial charge in [-0.2, -0.15) is 13.2 Å². The van der Waals surface area contributed by atoms with Gasteiger partial charge in [-0.3, -0.25) is 19.2 Å². The number of hydrogen-bond donors (Lipinski definition) is 3. The second-order valence-corrected chi connectivity index (χ2v) is 12.2. The van der Waals surface area contributed by atoms with Crippen LogP contribution in [0.1, 0.15) is 129 Å². The zero-order chi connectivity index (χ0) is 36.8. The molecule has 1 saturated heterocycles. The van der Waals surface area contributed by atoms with Gasteiger partial charge in [-0.05, 0) is 52.0 Å². The molecule has 13 heteroatoms. The molecule has 2 aromatic carbocycles. The third kappa shape index (κ3) is 8.43. The zero-order valence-corrected chi connectivity index (χ0v) is 29.0. The highest BCUT2D eigenvalue weighted by molar-refractivity contribution is 6.31. The fourth-order valence-electron chi connectivity index (χ4n) is 6.37. The lowest BCUT2D eigenvalue weighted by atomic mass is 9.74. The Morgan fingerprint density at radius 1 is 1.00 bits per heavy atom. The maximum Gasteiger partial charge on any atom is 0.471 e. The summed E-state index contributed by atoms with van der Waals surface area (Å²) in [7, 11) is 1.32. The summed E-state index contributed by atoms with van der Waals surface area (Å²) in [5.41, 5.74) is -0.927. The number of hydrogen-bond acceptors (Lipinski definition) is 9. The monoisotopic (exact) mass is 693 g/mol. The van der Waals surface area contributed by atoms with E-state index in [4.69, 9.17) is 14.2 Å². The van der Waals surface area contributed by atoms with E-state index in [0.717, 1.165) is 0 Å². The number of rotatable bonds is 5. The van der Waals surface area contributed by atoms with Crippen LogP contribution in [0.4, 0.5) is 13.2 Å². The van der Waals surface area contributed by atoms with Gasteiger partial charge in [-0.1, -0.05) is 46.2 Å². The first-order valence-electron chi connectivity index (χ1n) is 16.7. The number of fused-ring (bicyclic) bond motifs is 3. The van der Waals surface area contributed by atoms with Crippen molar-refractivity contribution in [2.75, 3.05) is 7.11 Å². The molecule has 0 saturated carbocycles. The van der Waals surface area contributed by atoms with Crippen LogP contribution in [0.25, 0.3) is 0 Å². The minimum Gasteiger partial charge on any atom is -0.507 e. The van der Waals surface area contributed by atoms with Crippen LogP contribution < -0.4 is 10.1 Å². The third-order valence-electron chi connectivity index (χ3n) is 8.54. The van der Waals surface area contributed by atoms with Crippen LogP contribution in [-0.4, -0.2) is 65.2 Å². The molecule has 2 aliphatic carbocycles. The summed E-state index contributed by atoms with van der Waals surface area (Å²) in [6.07, 6.45) is -5.64. The van der Waals surface area contributed by atoms with Crippen molar-refractivity contribution < 1.29 is 56.8 Å². The van der Waals surface area contributed by atoms with E-state index in [-0.39, 0.29) is 65.6 Å². The van der Waals surface area contributed by atoms with E-state index in [9.17, 15) is 42.6 Å². The lowest BCUT2D eigenvalue weighted by Gasteiger charge is -2.37. The number of alkyl halides is 3. The molecule has 2 aromatic rings. The average molecular weight is 694 g/mol. The molecule has 0 aromatic heterocycles. The fraction of sp³-hybridized carbons (Fsp3) is 0.556. The number of phenolic OH excluding ortho intramolecular Hbond substituents is 2. The highest BCUT2D eigenvalue weighted by atomic mass is 19.4. The van der Waals surface area contributed by atoms with Gasteiger partial charge >= 0.3 is 12.1 Å². The maximum absolute atomic E-state index is 13.8.